The van der Waals surface area contributed by atoms with Crippen molar-refractivity contribution in [2.75, 3.05) is 18.8 Å². The number of nitro groups is 1. The normalized spacial score (nSPS) is 23.3. The van der Waals surface area contributed by atoms with E-state index in [0.29, 0.717) is 18.5 Å². The van der Waals surface area contributed by atoms with E-state index in [0.717, 1.165) is 13.0 Å². The van der Waals surface area contributed by atoms with Crippen LogP contribution < -0.4 is 0 Å². The second-order valence-electron chi connectivity index (χ2n) is 5.61. The molecule has 116 valence electrons. The van der Waals surface area contributed by atoms with Crippen LogP contribution in [-0.2, 0) is 9.84 Å². The molecule has 1 aliphatic heterocycles. The van der Waals surface area contributed by atoms with E-state index < -0.39 is 14.8 Å². The first-order chi connectivity index (χ1) is 9.81. The molecule has 1 aromatic carbocycles. The molecule has 0 spiro atoms. The van der Waals surface area contributed by atoms with Gasteiger partial charge in [0.15, 0.2) is 9.84 Å². The van der Waals surface area contributed by atoms with Crippen molar-refractivity contribution in [2.24, 2.45) is 5.92 Å². The van der Waals surface area contributed by atoms with Crippen LogP contribution in [0.1, 0.15) is 20.3 Å². The Morgan fingerprint density at radius 1 is 1.29 bits per heavy atom. The van der Waals surface area contributed by atoms with Crippen molar-refractivity contribution in [3.63, 3.8) is 0 Å². The summed E-state index contributed by atoms with van der Waals surface area (Å²) in [5, 5.41) is 10.6. The molecule has 1 heterocycles. The highest BCUT2D eigenvalue weighted by Gasteiger charge is 2.28. The standard InChI is InChI=1S/C14H20N2O4S/c1-11-7-8-15(12(11)2)9-10-21(19,20)14-5-3-13(4-6-14)16(17)18/h3-6,11-12H,7-10H2,1-2H3. The van der Waals surface area contributed by atoms with Crippen molar-refractivity contribution in [1.29, 1.82) is 0 Å². The minimum Gasteiger partial charge on any atom is -0.299 e. The Labute approximate surface area is 124 Å². The second-order valence-corrected chi connectivity index (χ2v) is 7.72. The molecule has 0 aliphatic carbocycles. The summed E-state index contributed by atoms with van der Waals surface area (Å²) in [6, 6.07) is 5.48. The van der Waals surface area contributed by atoms with Gasteiger partial charge in [-0.15, -0.1) is 0 Å². The summed E-state index contributed by atoms with van der Waals surface area (Å²) >= 11 is 0. The smallest absolute Gasteiger partial charge is 0.269 e. The third kappa shape index (κ3) is 3.59. The number of nitrogens with zero attached hydrogens (tertiary/aromatic N) is 2. The Hall–Kier alpha value is -1.47. The molecule has 0 radical (unpaired) electrons. The third-order valence-corrected chi connectivity index (χ3v) is 6.04. The molecule has 0 N–H and O–H groups in total. The van der Waals surface area contributed by atoms with Crippen LogP contribution in [0.25, 0.3) is 0 Å². The van der Waals surface area contributed by atoms with Gasteiger partial charge in [0.25, 0.3) is 5.69 Å². The Bertz CT molecular complexity index is 612. The molecule has 2 atom stereocenters. The minimum absolute atomic E-state index is 0.0435. The van der Waals surface area contributed by atoms with Gasteiger partial charge in [0.05, 0.1) is 15.6 Å². The molecule has 0 amide bonds. The van der Waals surface area contributed by atoms with E-state index in [1.54, 1.807) is 0 Å². The number of benzene rings is 1. The molecule has 1 saturated heterocycles. The number of sulfone groups is 1. The molecule has 1 fully saturated rings. The van der Waals surface area contributed by atoms with Crippen LogP contribution in [0.4, 0.5) is 5.69 Å². The number of hydrogen-bond donors (Lipinski definition) is 0. The lowest BCUT2D eigenvalue weighted by Gasteiger charge is -2.22. The zero-order chi connectivity index (χ0) is 15.6. The van der Waals surface area contributed by atoms with E-state index in [4.69, 9.17) is 0 Å². The maximum Gasteiger partial charge on any atom is 0.269 e. The van der Waals surface area contributed by atoms with Crippen molar-refractivity contribution >= 4 is 15.5 Å². The van der Waals surface area contributed by atoms with Crippen LogP contribution in [0.3, 0.4) is 0 Å². The van der Waals surface area contributed by atoms with Crippen molar-refractivity contribution in [2.45, 2.75) is 31.2 Å². The molecule has 1 aromatic rings. The quantitative estimate of drug-likeness (QED) is 0.614. The zero-order valence-corrected chi connectivity index (χ0v) is 13.0. The van der Waals surface area contributed by atoms with E-state index in [-0.39, 0.29) is 16.3 Å². The van der Waals surface area contributed by atoms with E-state index in [1.807, 2.05) is 0 Å². The molecule has 0 bridgehead atoms. The predicted molar refractivity (Wildman–Crippen MR) is 80.0 cm³/mol. The van der Waals surface area contributed by atoms with E-state index in [2.05, 4.69) is 18.7 Å². The fourth-order valence-corrected chi connectivity index (χ4v) is 3.88. The maximum atomic E-state index is 12.3. The Balaban J connectivity index is 2.03. The Morgan fingerprint density at radius 3 is 2.38 bits per heavy atom. The molecule has 0 aromatic heterocycles. The van der Waals surface area contributed by atoms with Crippen LogP contribution in [0.2, 0.25) is 0 Å². The largest absolute Gasteiger partial charge is 0.299 e. The minimum atomic E-state index is -3.40. The molecule has 0 saturated carbocycles. The lowest BCUT2D eigenvalue weighted by Crippen LogP contribution is -2.33. The first-order valence-corrected chi connectivity index (χ1v) is 8.68. The van der Waals surface area contributed by atoms with Gasteiger partial charge < -0.3 is 0 Å². The maximum absolute atomic E-state index is 12.3. The van der Waals surface area contributed by atoms with Gasteiger partial charge in [-0.2, -0.15) is 0 Å². The highest BCUT2D eigenvalue weighted by molar-refractivity contribution is 7.91. The van der Waals surface area contributed by atoms with Crippen LogP contribution in [0.15, 0.2) is 29.2 Å². The summed E-state index contributed by atoms with van der Waals surface area (Å²) in [5.41, 5.74) is -0.101. The number of non-ortho nitro benzene ring substituents is 1. The summed E-state index contributed by atoms with van der Waals surface area (Å²) in [5.74, 6) is 0.633. The van der Waals surface area contributed by atoms with E-state index in [1.165, 1.54) is 24.3 Å². The molecule has 21 heavy (non-hydrogen) atoms. The lowest BCUT2D eigenvalue weighted by molar-refractivity contribution is -0.384. The van der Waals surface area contributed by atoms with E-state index in [9.17, 15) is 18.5 Å². The third-order valence-electron chi connectivity index (χ3n) is 4.33. The zero-order valence-electron chi connectivity index (χ0n) is 12.2. The first-order valence-electron chi connectivity index (χ1n) is 7.02. The lowest BCUT2D eigenvalue weighted by atomic mass is 10.1. The monoisotopic (exact) mass is 312 g/mol. The van der Waals surface area contributed by atoms with Crippen molar-refractivity contribution in [3.05, 3.63) is 34.4 Å². The fourth-order valence-electron chi connectivity index (χ4n) is 2.62. The summed E-state index contributed by atoms with van der Waals surface area (Å²) < 4.78 is 24.5. The first kappa shape index (κ1) is 15.9. The van der Waals surface area contributed by atoms with Gasteiger partial charge in [0.1, 0.15) is 0 Å². The fraction of sp³-hybridized carbons (Fsp3) is 0.571. The van der Waals surface area contributed by atoms with Gasteiger partial charge in [-0.3, -0.25) is 15.0 Å². The van der Waals surface area contributed by atoms with Crippen LogP contribution in [0, 0.1) is 16.0 Å². The number of likely N-dealkylation sites (tertiary alicyclic amines) is 1. The summed E-state index contributed by atoms with van der Waals surface area (Å²) in [4.78, 5) is 12.4. The van der Waals surface area contributed by atoms with Crippen molar-refractivity contribution < 1.29 is 13.3 Å². The molecule has 1 aliphatic rings. The summed E-state index contributed by atoms with van der Waals surface area (Å²) in [6.07, 6.45) is 1.10. The average molecular weight is 312 g/mol. The van der Waals surface area contributed by atoms with Gasteiger partial charge in [0.2, 0.25) is 0 Å². The summed E-state index contributed by atoms with van der Waals surface area (Å²) in [6.45, 7) is 5.73. The molecule has 2 unspecified atom stereocenters. The van der Waals surface area contributed by atoms with Gasteiger partial charge in [0, 0.05) is 24.7 Å². The van der Waals surface area contributed by atoms with Crippen LogP contribution in [-0.4, -0.2) is 43.1 Å². The van der Waals surface area contributed by atoms with Crippen LogP contribution in [0.5, 0.6) is 0 Å². The Morgan fingerprint density at radius 2 is 1.90 bits per heavy atom. The number of hydrogen-bond acceptors (Lipinski definition) is 5. The predicted octanol–water partition coefficient (Wildman–Crippen LogP) is 2.10. The summed E-state index contributed by atoms with van der Waals surface area (Å²) in [7, 11) is -3.40. The van der Waals surface area contributed by atoms with E-state index >= 15 is 0 Å². The molecular formula is C14H20N2O4S. The topological polar surface area (TPSA) is 80.5 Å². The van der Waals surface area contributed by atoms with Gasteiger partial charge in [-0.1, -0.05) is 6.92 Å². The van der Waals surface area contributed by atoms with Crippen molar-refractivity contribution in [3.8, 4) is 0 Å². The van der Waals surface area contributed by atoms with Gasteiger partial charge >= 0.3 is 0 Å². The van der Waals surface area contributed by atoms with Crippen LogP contribution >= 0.6 is 0 Å². The Kier molecular flexibility index (Phi) is 4.63. The molecular weight excluding hydrogens is 292 g/mol. The molecule has 7 heteroatoms. The SMILES string of the molecule is CC1CCN(CCS(=O)(=O)c2ccc([N+](=O)[O-])cc2)C1C. The highest BCUT2D eigenvalue weighted by atomic mass is 32.2. The average Bonchev–Trinajstić information content (AvgIpc) is 2.77. The van der Waals surface area contributed by atoms with Crippen molar-refractivity contribution in [1.82, 2.24) is 4.90 Å². The van der Waals surface area contributed by atoms with Gasteiger partial charge in [-0.05, 0) is 37.9 Å². The number of rotatable bonds is 5. The number of nitro benzene ring substituents is 1. The second kappa shape index (κ2) is 6.11. The molecule has 2 rings (SSSR count). The molecule has 6 nitrogen and oxygen atoms in total. The highest BCUT2D eigenvalue weighted by Crippen LogP contribution is 2.24. The van der Waals surface area contributed by atoms with Gasteiger partial charge in [-0.25, -0.2) is 8.42 Å².